The molecule has 0 aliphatic heterocycles. The van der Waals surface area contributed by atoms with E-state index in [1.807, 2.05) is 0 Å². The summed E-state index contributed by atoms with van der Waals surface area (Å²) >= 11 is 0. The van der Waals surface area contributed by atoms with Crippen molar-refractivity contribution in [2.75, 3.05) is 19.4 Å². The van der Waals surface area contributed by atoms with Crippen molar-refractivity contribution in [3.8, 4) is 0 Å². The molecule has 0 aliphatic carbocycles. The second-order valence-electron chi connectivity index (χ2n) is 5.79. The van der Waals surface area contributed by atoms with Crippen molar-refractivity contribution in [1.82, 2.24) is 4.31 Å². The SMILES string of the molecule is Cc1ccc(C(=O)Nc2cccc(S(=O)(=O)N(C)C)c2)cc1S(N)(=O)=O. The Morgan fingerprint density at radius 2 is 1.69 bits per heavy atom. The normalized spacial score (nSPS) is 12.2. The minimum Gasteiger partial charge on any atom is -0.322 e. The van der Waals surface area contributed by atoms with Crippen molar-refractivity contribution in [2.45, 2.75) is 16.7 Å². The van der Waals surface area contributed by atoms with Gasteiger partial charge in [0.1, 0.15) is 0 Å². The molecule has 0 radical (unpaired) electrons. The van der Waals surface area contributed by atoms with Crippen LogP contribution in [-0.4, -0.2) is 41.1 Å². The number of nitrogens with one attached hydrogen (secondary N) is 1. The van der Waals surface area contributed by atoms with Crippen LogP contribution in [0.2, 0.25) is 0 Å². The van der Waals surface area contributed by atoms with E-state index >= 15 is 0 Å². The highest BCUT2D eigenvalue weighted by molar-refractivity contribution is 7.89. The molecule has 2 rings (SSSR count). The molecular formula is C16H19N3O5S2. The van der Waals surface area contributed by atoms with Crippen LogP contribution in [0.3, 0.4) is 0 Å². The molecule has 0 atom stereocenters. The van der Waals surface area contributed by atoms with E-state index in [1.54, 1.807) is 6.92 Å². The maximum Gasteiger partial charge on any atom is 0.255 e. The maximum atomic E-state index is 12.4. The topological polar surface area (TPSA) is 127 Å². The van der Waals surface area contributed by atoms with Crippen molar-refractivity contribution < 1.29 is 21.6 Å². The first-order valence-electron chi connectivity index (χ1n) is 7.40. The molecule has 2 aromatic rings. The van der Waals surface area contributed by atoms with Gasteiger partial charge in [-0.05, 0) is 42.8 Å². The van der Waals surface area contributed by atoms with E-state index < -0.39 is 26.0 Å². The van der Waals surface area contributed by atoms with E-state index in [0.29, 0.717) is 5.56 Å². The molecule has 0 saturated carbocycles. The summed E-state index contributed by atoms with van der Waals surface area (Å²) in [6.07, 6.45) is 0. The third-order valence-electron chi connectivity index (χ3n) is 3.63. The lowest BCUT2D eigenvalue weighted by Gasteiger charge is -2.13. The van der Waals surface area contributed by atoms with Gasteiger partial charge in [-0.1, -0.05) is 12.1 Å². The number of sulfonamides is 2. The van der Waals surface area contributed by atoms with Gasteiger partial charge in [0.2, 0.25) is 20.0 Å². The minimum atomic E-state index is -3.96. The van der Waals surface area contributed by atoms with Crippen molar-refractivity contribution in [3.63, 3.8) is 0 Å². The molecule has 0 heterocycles. The maximum absolute atomic E-state index is 12.4. The Hall–Kier alpha value is -2.27. The summed E-state index contributed by atoms with van der Waals surface area (Å²) in [6, 6.07) is 9.87. The zero-order valence-electron chi connectivity index (χ0n) is 14.4. The molecule has 3 N–H and O–H groups in total. The second kappa shape index (κ2) is 7.16. The number of carbonyl (C=O) groups excluding carboxylic acids is 1. The minimum absolute atomic E-state index is 0.0226. The second-order valence-corrected chi connectivity index (χ2v) is 9.48. The first-order valence-corrected chi connectivity index (χ1v) is 10.4. The van der Waals surface area contributed by atoms with Crippen LogP contribution in [0.15, 0.2) is 52.3 Å². The monoisotopic (exact) mass is 397 g/mol. The van der Waals surface area contributed by atoms with Gasteiger partial charge in [-0.25, -0.2) is 26.3 Å². The van der Waals surface area contributed by atoms with Crippen LogP contribution in [0.5, 0.6) is 0 Å². The van der Waals surface area contributed by atoms with Crippen LogP contribution in [0.25, 0.3) is 0 Å². The van der Waals surface area contributed by atoms with Gasteiger partial charge in [0.05, 0.1) is 9.79 Å². The van der Waals surface area contributed by atoms with Gasteiger partial charge in [-0.15, -0.1) is 0 Å². The first-order chi connectivity index (χ1) is 11.9. The van der Waals surface area contributed by atoms with Gasteiger partial charge < -0.3 is 5.32 Å². The molecule has 140 valence electrons. The van der Waals surface area contributed by atoms with E-state index in [2.05, 4.69) is 5.32 Å². The summed E-state index contributed by atoms with van der Waals surface area (Å²) in [5.74, 6) is -0.589. The lowest BCUT2D eigenvalue weighted by molar-refractivity contribution is 0.102. The number of rotatable bonds is 5. The summed E-state index contributed by atoms with van der Waals surface area (Å²) < 4.78 is 48.6. The Kier molecular flexibility index (Phi) is 5.52. The van der Waals surface area contributed by atoms with Crippen molar-refractivity contribution >= 4 is 31.6 Å². The fraction of sp³-hybridized carbons (Fsp3) is 0.188. The van der Waals surface area contributed by atoms with E-state index in [0.717, 1.165) is 4.31 Å². The zero-order valence-corrected chi connectivity index (χ0v) is 16.1. The van der Waals surface area contributed by atoms with E-state index in [9.17, 15) is 21.6 Å². The van der Waals surface area contributed by atoms with Gasteiger partial charge in [-0.3, -0.25) is 4.79 Å². The first kappa shape index (κ1) is 20.0. The third kappa shape index (κ3) is 4.28. The van der Waals surface area contributed by atoms with Gasteiger partial charge >= 0.3 is 0 Å². The average molecular weight is 397 g/mol. The molecule has 0 spiro atoms. The standard InChI is InChI=1S/C16H19N3O5S2/c1-11-7-8-12(9-15(11)25(17,21)22)16(20)18-13-5-4-6-14(10-13)26(23,24)19(2)3/h4-10H,1-3H3,(H,18,20)(H2,17,21,22). The Morgan fingerprint density at radius 3 is 2.27 bits per heavy atom. The number of anilines is 1. The van der Waals surface area contributed by atoms with Crippen LogP contribution in [-0.2, 0) is 20.0 Å². The summed E-state index contributed by atoms with van der Waals surface area (Å²) in [4.78, 5) is 12.3. The average Bonchev–Trinajstić information content (AvgIpc) is 2.54. The highest BCUT2D eigenvalue weighted by atomic mass is 32.2. The lowest BCUT2D eigenvalue weighted by Crippen LogP contribution is -2.22. The Morgan fingerprint density at radius 1 is 1.04 bits per heavy atom. The third-order valence-corrected chi connectivity index (χ3v) is 6.49. The number of nitrogens with two attached hydrogens (primary N) is 1. The number of hydrogen-bond acceptors (Lipinski definition) is 5. The molecule has 0 bridgehead atoms. The summed E-state index contributed by atoms with van der Waals surface area (Å²) in [5.41, 5.74) is 0.763. The fourth-order valence-electron chi connectivity index (χ4n) is 2.20. The largest absolute Gasteiger partial charge is 0.322 e. The van der Waals surface area contributed by atoms with E-state index in [-0.39, 0.29) is 21.0 Å². The molecule has 0 fully saturated rings. The highest BCUT2D eigenvalue weighted by Crippen LogP contribution is 2.20. The van der Waals surface area contributed by atoms with Gasteiger partial charge in [0, 0.05) is 25.3 Å². The zero-order chi connectivity index (χ0) is 19.7. The summed E-state index contributed by atoms with van der Waals surface area (Å²) in [6.45, 7) is 1.57. The van der Waals surface area contributed by atoms with Crippen molar-refractivity contribution in [2.24, 2.45) is 5.14 Å². The molecular weight excluding hydrogens is 378 g/mol. The summed E-state index contributed by atoms with van der Waals surface area (Å²) in [7, 11) is -4.80. The van der Waals surface area contributed by atoms with Crippen LogP contribution >= 0.6 is 0 Å². The number of carbonyl (C=O) groups is 1. The molecule has 0 saturated heterocycles. The van der Waals surface area contributed by atoms with Gasteiger partial charge in [0.15, 0.2) is 0 Å². The molecule has 10 heteroatoms. The molecule has 1 amide bonds. The van der Waals surface area contributed by atoms with Crippen LogP contribution < -0.4 is 10.5 Å². The number of amides is 1. The molecule has 0 aliphatic rings. The van der Waals surface area contributed by atoms with Crippen LogP contribution in [0.1, 0.15) is 15.9 Å². The number of hydrogen-bond donors (Lipinski definition) is 2. The van der Waals surface area contributed by atoms with E-state index in [4.69, 9.17) is 5.14 Å². The fourth-order valence-corrected chi connectivity index (χ4v) is 3.95. The van der Waals surface area contributed by atoms with Crippen molar-refractivity contribution in [3.05, 3.63) is 53.6 Å². The smallest absolute Gasteiger partial charge is 0.255 e. The van der Waals surface area contributed by atoms with Crippen molar-refractivity contribution in [1.29, 1.82) is 0 Å². The molecule has 0 unspecified atom stereocenters. The molecule has 2 aromatic carbocycles. The summed E-state index contributed by atoms with van der Waals surface area (Å²) in [5, 5.41) is 7.69. The Bertz CT molecular complexity index is 1060. The van der Waals surface area contributed by atoms with E-state index in [1.165, 1.54) is 56.6 Å². The predicted octanol–water partition coefficient (Wildman–Crippen LogP) is 1.15. The van der Waals surface area contributed by atoms with Crippen LogP contribution in [0, 0.1) is 6.92 Å². The Labute approximate surface area is 152 Å². The quantitative estimate of drug-likeness (QED) is 0.782. The number of nitrogens with zero attached hydrogens (tertiary/aromatic N) is 1. The molecule has 26 heavy (non-hydrogen) atoms. The molecule has 8 nitrogen and oxygen atoms in total. The number of benzene rings is 2. The Balaban J connectivity index is 2.35. The van der Waals surface area contributed by atoms with Gasteiger partial charge in [0.25, 0.3) is 5.91 Å². The van der Waals surface area contributed by atoms with Gasteiger partial charge in [-0.2, -0.15) is 0 Å². The van der Waals surface area contributed by atoms with Crippen LogP contribution in [0.4, 0.5) is 5.69 Å². The highest BCUT2D eigenvalue weighted by Gasteiger charge is 2.19. The lowest BCUT2D eigenvalue weighted by atomic mass is 10.1. The number of aryl methyl sites for hydroxylation is 1. The number of primary sulfonamides is 1. The molecule has 0 aromatic heterocycles. The predicted molar refractivity (Wildman–Crippen MR) is 97.8 cm³/mol.